The summed E-state index contributed by atoms with van der Waals surface area (Å²) in [4.78, 5) is 4.42. The molecular formula is C12H20BrN3. The van der Waals surface area contributed by atoms with E-state index in [0.717, 1.165) is 23.1 Å². The molecule has 0 saturated heterocycles. The van der Waals surface area contributed by atoms with E-state index in [1.54, 1.807) is 0 Å². The monoisotopic (exact) mass is 285 g/mol. The first-order valence-corrected chi connectivity index (χ1v) is 6.18. The Balaban J connectivity index is 2.71. The standard InChI is InChI=1S/C12H20BrN3/c1-15(2)6-7-16(3)12-5-4-10(9-14)8-11(12)13/h4-5,8H,6-7,9,14H2,1-3H3. The molecule has 0 heterocycles. The third-order valence-electron chi connectivity index (χ3n) is 2.54. The van der Waals surface area contributed by atoms with Crippen LogP contribution in [0.1, 0.15) is 5.56 Å². The van der Waals surface area contributed by atoms with Crippen molar-refractivity contribution in [3.05, 3.63) is 28.2 Å². The summed E-state index contributed by atoms with van der Waals surface area (Å²) in [6, 6.07) is 6.27. The van der Waals surface area contributed by atoms with Gasteiger partial charge >= 0.3 is 0 Å². The van der Waals surface area contributed by atoms with Gasteiger partial charge in [-0.3, -0.25) is 0 Å². The van der Waals surface area contributed by atoms with E-state index in [0.29, 0.717) is 6.54 Å². The van der Waals surface area contributed by atoms with Gasteiger partial charge in [-0.05, 0) is 47.7 Å². The average molecular weight is 286 g/mol. The number of anilines is 1. The van der Waals surface area contributed by atoms with Crippen molar-refractivity contribution < 1.29 is 0 Å². The molecule has 0 aromatic heterocycles. The molecule has 16 heavy (non-hydrogen) atoms. The van der Waals surface area contributed by atoms with E-state index in [1.807, 2.05) is 0 Å². The zero-order chi connectivity index (χ0) is 12.1. The van der Waals surface area contributed by atoms with Gasteiger partial charge in [0.25, 0.3) is 0 Å². The molecule has 0 bridgehead atoms. The first-order valence-electron chi connectivity index (χ1n) is 5.39. The molecule has 1 aromatic carbocycles. The minimum absolute atomic E-state index is 0.584. The summed E-state index contributed by atoms with van der Waals surface area (Å²) < 4.78 is 1.11. The van der Waals surface area contributed by atoms with Gasteiger partial charge in [-0.1, -0.05) is 6.07 Å². The largest absolute Gasteiger partial charge is 0.372 e. The molecule has 0 aliphatic heterocycles. The van der Waals surface area contributed by atoms with Gasteiger partial charge in [0.15, 0.2) is 0 Å². The fourth-order valence-corrected chi connectivity index (χ4v) is 2.19. The molecule has 4 heteroatoms. The van der Waals surface area contributed by atoms with Crippen molar-refractivity contribution in [1.82, 2.24) is 4.90 Å². The Labute approximate surface area is 106 Å². The van der Waals surface area contributed by atoms with Crippen molar-refractivity contribution in [3.63, 3.8) is 0 Å². The third kappa shape index (κ3) is 3.77. The van der Waals surface area contributed by atoms with E-state index in [-0.39, 0.29) is 0 Å². The van der Waals surface area contributed by atoms with Crippen LogP contribution in [0.25, 0.3) is 0 Å². The lowest BCUT2D eigenvalue weighted by Gasteiger charge is -2.23. The first-order chi connectivity index (χ1) is 7.54. The smallest absolute Gasteiger partial charge is 0.0508 e. The Hall–Kier alpha value is -0.580. The van der Waals surface area contributed by atoms with Crippen LogP contribution in [-0.2, 0) is 6.54 Å². The molecule has 0 spiro atoms. The minimum atomic E-state index is 0.584. The number of nitrogens with zero attached hydrogens (tertiary/aromatic N) is 2. The number of halogens is 1. The Kier molecular flexibility index (Phi) is 5.25. The number of hydrogen-bond donors (Lipinski definition) is 1. The number of rotatable bonds is 5. The van der Waals surface area contributed by atoms with E-state index in [9.17, 15) is 0 Å². The molecule has 2 N–H and O–H groups in total. The predicted octanol–water partition coefficient (Wildman–Crippen LogP) is 1.91. The molecule has 3 nitrogen and oxygen atoms in total. The maximum atomic E-state index is 5.60. The summed E-state index contributed by atoms with van der Waals surface area (Å²) in [6.45, 7) is 2.63. The van der Waals surface area contributed by atoms with Crippen molar-refractivity contribution in [1.29, 1.82) is 0 Å². The highest BCUT2D eigenvalue weighted by atomic mass is 79.9. The molecule has 0 saturated carbocycles. The Morgan fingerprint density at radius 1 is 1.19 bits per heavy atom. The Morgan fingerprint density at radius 2 is 1.88 bits per heavy atom. The summed E-state index contributed by atoms with van der Waals surface area (Å²) in [5.41, 5.74) is 7.96. The molecule has 1 rings (SSSR count). The minimum Gasteiger partial charge on any atom is -0.372 e. The zero-order valence-electron chi connectivity index (χ0n) is 10.2. The van der Waals surface area contributed by atoms with Crippen LogP contribution in [0.3, 0.4) is 0 Å². The van der Waals surface area contributed by atoms with Crippen LogP contribution in [0.5, 0.6) is 0 Å². The van der Waals surface area contributed by atoms with Gasteiger partial charge in [0.2, 0.25) is 0 Å². The molecule has 0 aliphatic rings. The number of benzene rings is 1. The first kappa shape index (κ1) is 13.5. The summed E-state index contributed by atoms with van der Waals surface area (Å²) in [5, 5.41) is 0. The van der Waals surface area contributed by atoms with Gasteiger partial charge < -0.3 is 15.5 Å². The SMILES string of the molecule is CN(C)CCN(C)c1ccc(CN)cc1Br. The molecule has 0 amide bonds. The maximum Gasteiger partial charge on any atom is 0.0508 e. The second-order valence-electron chi connectivity index (χ2n) is 4.21. The van der Waals surface area contributed by atoms with Crippen LogP contribution in [0.2, 0.25) is 0 Å². The highest BCUT2D eigenvalue weighted by molar-refractivity contribution is 9.10. The maximum absolute atomic E-state index is 5.60. The van der Waals surface area contributed by atoms with E-state index < -0.39 is 0 Å². The number of nitrogens with two attached hydrogens (primary N) is 1. The van der Waals surface area contributed by atoms with Gasteiger partial charge in [-0.15, -0.1) is 0 Å². The molecular weight excluding hydrogens is 266 g/mol. The van der Waals surface area contributed by atoms with Crippen LogP contribution < -0.4 is 10.6 Å². The summed E-state index contributed by atoms with van der Waals surface area (Å²) >= 11 is 3.58. The summed E-state index contributed by atoms with van der Waals surface area (Å²) in [5.74, 6) is 0. The van der Waals surface area contributed by atoms with Gasteiger partial charge in [-0.25, -0.2) is 0 Å². The van der Waals surface area contributed by atoms with Gasteiger partial charge in [0.1, 0.15) is 0 Å². The third-order valence-corrected chi connectivity index (χ3v) is 3.18. The highest BCUT2D eigenvalue weighted by Crippen LogP contribution is 2.26. The predicted molar refractivity (Wildman–Crippen MR) is 73.9 cm³/mol. The zero-order valence-corrected chi connectivity index (χ0v) is 11.8. The van der Waals surface area contributed by atoms with Crippen molar-refractivity contribution in [2.45, 2.75) is 6.54 Å². The topological polar surface area (TPSA) is 32.5 Å². The van der Waals surface area contributed by atoms with Crippen LogP contribution >= 0.6 is 15.9 Å². The van der Waals surface area contributed by atoms with E-state index in [2.05, 4.69) is 65.1 Å². The molecule has 0 fully saturated rings. The fraction of sp³-hybridized carbons (Fsp3) is 0.500. The second-order valence-corrected chi connectivity index (χ2v) is 5.07. The Morgan fingerprint density at radius 3 is 2.38 bits per heavy atom. The molecule has 0 atom stereocenters. The molecule has 0 aliphatic carbocycles. The van der Waals surface area contributed by atoms with Crippen molar-refractivity contribution in [3.8, 4) is 0 Å². The second kappa shape index (κ2) is 6.23. The molecule has 1 aromatic rings. The van der Waals surface area contributed by atoms with Gasteiger partial charge in [0, 0.05) is 31.2 Å². The van der Waals surface area contributed by atoms with Gasteiger partial charge in [-0.2, -0.15) is 0 Å². The van der Waals surface area contributed by atoms with Crippen LogP contribution in [0, 0.1) is 0 Å². The van der Waals surface area contributed by atoms with Crippen LogP contribution in [0.15, 0.2) is 22.7 Å². The van der Waals surface area contributed by atoms with Crippen LogP contribution in [-0.4, -0.2) is 39.1 Å². The molecule has 90 valence electrons. The van der Waals surface area contributed by atoms with Crippen molar-refractivity contribution >= 4 is 21.6 Å². The van der Waals surface area contributed by atoms with Crippen molar-refractivity contribution in [2.75, 3.05) is 39.1 Å². The van der Waals surface area contributed by atoms with E-state index >= 15 is 0 Å². The normalized spacial score (nSPS) is 10.9. The number of likely N-dealkylation sites (N-methyl/N-ethyl adjacent to an activating group) is 2. The van der Waals surface area contributed by atoms with Crippen LogP contribution in [0.4, 0.5) is 5.69 Å². The quantitative estimate of drug-likeness (QED) is 0.897. The fourth-order valence-electron chi connectivity index (χ4n) is 1.46. The van der Waals surface area contributed by atoms with Gasteiger partial charge in [0.05, 0.1) is 5.69 Å². The molecule has 0 unspecified atom stereocenters. The number of hydrogen-bond acceptors (Lipinski definition) is 3. The Bertz CT molecular complexity index is 339. The molecule has 0 radical (unpaired) electrons. The summed E-state index contributed by atoms with van der Waals surface area (Å²) in [6.07, 6.45) is 0. The lowest BCUT2D eigenvalue weighted by Crippen LogP contribution is -2.28. The lowest BCUT2D eigenvalue weighted by atomic mass is 10.2. The van der Waals surface area contributed by atoms with Crippen molar-refractivity contribution in [2.24, 2.45) is 5.73 Å². The van der Waals surface area contributed by atoms with E-state index in [1.165, 1.54) is 5.69 Å². The average Bonchev–Trinajstić information content (AvgIpc) is 2.25. The highest BCUT2D eigenvalue weighted by Gasteiger charge is 2.06. The summed E-state index contributed by atoms with van der Waals surface area (Å²) in [7, 11) is 6.27. The lowest BCUT2D eigenvalue weighted by molar-refractivity contribution is 0.416. The van der Waals surface area contributed by atoms with E-state index in [4.69, 9.17) is 5.73 Å².